The van der Waals surface area contributed by atoms with E-state index in [1.165, 1.54) is 0 Å². The third kappa shape index (κ3) is 3.33. The van der Waals surface area contributed by atoms with Crippen LogP contribution >= 0.6 is 43.5 Å². The first-order chi connectivity index (χ1) is 8.06. The summed E-state index contributed by atoms with van der Waals surface area (Å²) < 4.78 is 6.81. The molecule has 0 spiro atoms. The van der Waals surface area contributed by atoms with E-state index >= 15 is 0 Å². The third-order valence-corrected chi connectivity index (χ3v) is 4.36. The lowest BCUT2D eigenvalue weighted by Crippen LogP contribution is -2.32. The van der Waals surface area contributed by atoms with E-state index in [0.29, 0.717) is 17.9 Å². The highest BCUT2D eigenvalue weighted by molar-refractivity contribution is 9.11. The molecule has 0 N–H and O–H groups in total. The number of cyclic esters (lactones) is 1. The van der Waals surface area contributed by atoms with Gasteiger partial charge < -0.3 is 4.74 Å². The van der Waals surface area contributed by atoms with Crippen molar-refractivity contribution in [1.29, 1.82) is 0 Å². The lowest BCUT2D eigenvalue weighted by Gasteiger charge is -2.25. The van der Waals surface area contributed by atoms with Gasteiger partial charge in [0, 0.05) is 15.4 Å². The van der Waals surface area contributed by atoms with Crippen molar-refractivity contribution in [2.45, 2.75) is 18.9 Å². The molecule has 1 heterocycles. The van der Waals surface area contributed by atoms with E-state index in [2.05, 4.69) is 31.9 Å². The second-order valence-corrected chi connectivity index (χ2v) is 6.00. The first kappa shape index (κ1) is 13.1. The van der Waals surface area contributed by atoms with Gasteiger partial charge in [-0.1, -0.05) is 55.6 Å². The summed E-state index contributed by atoms with van der Waals surface area (Å²) in [5, 5.41) is 0.653. The molecule has 2 rings (SSSR count). The number of hydrogen-bond acceptors (Lipinski definition) is 2. The van der Waals surface area contributed by atoms with Crippen molar-refractivity contribution < 1.29 is 9.53 Å². The summed E-state index contributed by atoms with van der Waals surface area (Å²) in [6.07, 6.45) is 1.06. The summed E-state index contributed by atoms with van der Waals surface area (Å²) in [5.74, 6) is -0.143. The van der Waals surface area contributed by atoms with E-state index in [0.717, 1.165) is 14.5 Å². The van der Waals surface area contributed by atoms with E-state index in [1.807, 2.05) is 24.3 Å². The molecule has 1 saturated heterocycles. The molecule has 5 heteroatoms. The molecule has 0 saturated carbocycles. The van der Waals surface area contributed by atoms with E-state index in [-0.39, 0.29) is 12.1 Å². The smallest absolute Gasteiger partial charge is 0.309 e. The summed E-state index contributed by atoms with van der Waals surface area (Å²) in [7, 11) is 0. The van der Waals surface area contributed by atoms with Gasteiger partial charge >= 0.3 is 5.97 Å². The van der Waals surface area contributed by atoms with Crippen LogP contribution in [0.15, 0.2) is 33.2 Å². The van der Waals surface area contributed by atoms with Crippen LogP contribution in [-0.2, 0) is 9.53 Å². The fourth-order valence-corrected chi connectivity index (χ4v) is 2.58. The molecule has 2 nitrogen and oxygen atoms in total. The second kappa shape index (κ2) is 5.55. The van der Waals surface area contributed by atoms with Gasteiger partial charge in [-0.3, -0.25) is 4.79 Å². The molecule has 0 bridgehead atoms. The number of carbonyl (C=O) groups is 1. The number of ether oxygens (including phenoxy) is 1. The monoisotopic (exact) mass is 378 g/mol. The quantitative estimate of drug-likeness (QED) is 0.724. The molecular weight excluding hydrogens is 371 g/mol. The summed E-state index contributed by atoms with van der Waals surface area (Å²) in [4.78, 5) is 10.7. The number of halogens is 3. The Morgan fingerprint density at radius 2 is 2.00 bits per heavy atom. The Kier molecular flexibility index (Phi) is 4.28. The maximum atomic E-state index is 10.7. The molecule has 0 aliphatic carbocycles. The van der Waals surface area contributed by atoms with Gasteiger partial charge in [-0.15, -0.1) is 0 Å². The molecule has 90 valence electrons. The predicted molar refractivity (Wildman–Crippen MR) is 75.0 cm³/mol. The maximum absolute atomic E-state index is 10.7. The Bertz CT molecular complexity index is 460. The van der Waals surface area contributed by atoms with Crippen molar-refractivity contribution in [2.24, 2.45) is 0 Å². The van der Waals surface area contributed by atoms with Crippen LogP contribution in [0.2, 0.25) is 0 Å². The summed E-state index contributed by atoms with van der Waals surface area (Å²) in [6, 6.07) is 7.73. The van der Waals surface area contributed by atoms with Gasteiger partial charge in [0.1, 0.15) is 6.10 Å². The fourth-order valence-electron chi connectivity index (χ4n) is 1.52. The minimum Gasteiger partial charge on any atom is -0.461 e. The van der Waals surface area contributed by atoms with Crippen LogP contribution in [0.25, 0.3) is 5.03 Å². The SMILES string of the molecule is O=C1C[C@@H](C/C(Br)=C(/Cl)c2ccc(Br)cc2)O1. The molecule has 0 unspecified atom stereocenters. The molecule has 1 aromatic rings. The van der Waals surface area contributed by atoms with E-state index < -0.39 is 0 Å². The predicted octanol–water partition coefficient (Wildman–Crippen LogP) is 4.46. The van der Waals surface area contributed by atoms with E-state index in [4.69, 9.17) is 16.3 Å². The van der Waals surface area contributed by atoms with Gasteiger partial charge in [0.05, 0.1) is 11.5 Å². The Labute approximate surface area is 121 Å². The Balaban J connectivity index is 2.08. The first-order valence-corrected chi connectivity index (χ1v) is 7.02. The average Bonchev–Trinajstić information content (AvgIpc) is 2.27. The molecule has 0 amide bonds. The van der Waals surface area contributed by atoms with E-state index in [9.17, 15) is 4.79 Å². The van der Waals surface area contributed by atoms with Gasteiger partial charge in [0.25, 0.3) is 0 Å². The Morgan fingerprint density at radius 3 is 2.53 bits per heavy atom. The summed E-state index contributed by atoms with van der Waals surface area (Å²) in [6.45, 7) is 0. The molecule has 1 fully saturated rings. The molecule has 1 aliphatic rings. The standard InChI is InChI=1S/C12H9Br2ClO2/c13-8-3-1-7(2-4-8)12(15)10(14)5-9-6-11(16)17-9/h1-4,9H,5-6H2/b12-10-/t9-/m1/s1. The van der Waals surface area contributed by atoms with Gasteiger partial charge in [-0.05, 0) is 17.7 Å². The molecular formula is C12H9Br2ClO2. The molecule has 1 aliphatic heterocycles. The highest BCUT2D eigenvalue weighted by Crippen LogP contribution is 2.33. The van der Waals surface area contributed by atoms with E-state index in [1.54, 1.807) is 0 Å². The van der Waals surface area contributed by atoms with Gasteiger partial charge in [0.2, 0.25) is 0 Å². The van der Waals surface area contributed by atoms with Crippen LogP contribution in [0.5, 0.6) is 0 Å². The molecule has 1 aromatic carbocycles. The lowest BCUT2D eigenvalue weighted by atomic mass is 10.1. The van der Waals surface area contributed by atoms with Crippen molar-refractivity contribution in [3.8, 4) is 0 Å². The average molecular weight is 380 g/mol. The number of benzene rings is 1. The third-order valence-electron chi connectivity index (χ3n) is 2.44. The zero-order valence-corrected chi connectivity index (χ0v) is 12.7. The summed E-state index contributed by atoms with van der Waals surface area (Å²) in [5.41, 5.74) is 0.937. The fraction of sp³-hybridized carbons (Fsp3) is 0.250. The van der Waals surface area contributed by atoms with Crippen LogP contribution in [0.1, 0.15) is 18.4 Å². The topological polar surface area (TPSA) is 26.3 Å². The van der Waals surface area contributed by atoms with Crippen LogP contribution < -0.4 is 0 Å². The zero-order valence-electron chi connectivity index (χ0n) is 8.75. The summed E-state index contributed by atoms with van der Waals surface area (Å²) >= 11 is 13.1. The van der Waals surface area contributed by atoms with Crippen LogP contribution in [0.4, 0.5) is 0 Å². The molecule has 17 heavy (non-hydrogen) atoms. The maximum Gasteiger partial charge on any atom is 0.309 e. The van der Waals surface area contributed by atoms with Crippen molar-refractivity contribution in [2.75, 3.05) is 0 Å². The normalized spacial score (nSPS) is 20.4. The van der Waals surface area contributed by atoms with Crippen molar-refractivity contribution in [3.05, 3.63) is 38.8 Å². The van der Waals surface area contributed by atoms with Gasteiger partial charge in [-0.25, -0.2) is 0 Å². The molecule has 0 radical (unpaired) electrons. The first-order valence-electron chi connectivity index (χ1n) is 5.06. The highest BCUT2D eigenvalue weighted by atomic mass is 79.9. The lowest BCUT2D eigenvalue weighted by molar-refractivity contribution is -0.168. The van der Waals surface area contributed by atoms with Crippen molar-refractivity contribution in [1.82, 2.24) is 0 Å². The highest BCUT2D eigenvalue weighted by Gasteiger charge is 2.29. The number of hydrogen-bond donors (Lipinski definition) is 0. The minimum atomic E-state index is -0.143. The Hall–Kier alpha value is -0.320. The van der Waals surface area contributed by atoms with Crippen LogP contribution in [-0.4, -0.2) is 12.1 Å². The molecule has 1 atom stereocenters. The Morgan fingerprint density at radius 1 is 1.41 bits per heavy atom. The minimum absolute atomic E-state index is 0.0407. The van der Waals surface area contributed by atoms with Crippen molar-refractivity contribution >= 4 is 54.5 Å². The zero-order chi connectivity index (χ0) is 12.4. The molecule has 0 aromatic heterocycles. The number of carbonyl (C=O) groups excluding carboxylic acids is 1. The van der Waals surface area contributed by atoms with Crippen molar-refractivity contribution in [3.63, 3.8) is 0 Å². The largest absolute Gasteiger partial charge is 0.461 e. The van der Waals surface area contributed by atoms with Crippen LogP contribution in [0.3, 0.4) is 0 Å². The van der Waals surface area contributed by atoms with Gasteiger partial charge in [0.15, 0.2) is 0 Å². The number of esters is 1. The second-order valence-electron chi connectivity index (χ2n) is 3.75. The van der Waals surface area contributed by atoms with Crippen LogP contribution in [0, 0.1) is 0 Å². The number of rotatable bonds is 3. The van der Waals surface area contributed by atoms with Gasteiger partial charge in [-0.2, -0.15) is 0 Å².